The second kappa shape index (κ2) is 5.69. The summed E-state index contributed by atoms with van der Waals surface area (Å²) in [7, 11) is 0. The average Bonchev–Trinajstić information content (AvgIpc) is 2.76. The van der Waals surface area contributed by atoms with Gasteiger partial charge in [-0.1, -0.05) is 18.0 Å². The van der Waals surface area contributed by atoms with Crippen molar-refractivity contribution in [3.05, 3.63) is 17.4 Å². The minimum absolute atomic E-state index is 0.560. The normalized spacial score (nSPS) is 24.6. The maximum absolute atomic E-state index is 5.93. The predicted molar refractivity (Wildman–Crippen MR) is 67.1 cm³/mol. The van der Waals surface area contributed by atoms with Crippen molar-refractivity contribution >= 4 is 29.2 Å². The van der Waals surface area contributed by atoms with Gasteiger partial charge in [-0.15, -0.1) is 11.6 Å². The summed E-state index contributed by atoms with van der Waals surface area (Å²) < 4.78 is 0. The van der Waals surface area contributed by atoms with E-state index in [1.807, 2.05) is 0 Å². The third-order valence-corrected chi connectivity index (χ3v) is 3.75. The molecule has 88 valence electrons. The lowest BCUT2D eigenvalue weighted by Crippen LogP contribution is -2.20. The molecule has 1 aromatic rings. The number of nitrogens with one attached hydrogen (secondary N) is 1. The second-order valence-corrected chi connectivity index (χ2v) is 4.96. The number of anilines is 1. The van der Waals surface area contributed by atoms with Crippen LogP contribution in [0.2, 0.25) is 5.02 Å². The van der Waals surface area contributed by atoms with Crippen LogP contribution >= 0.6 is 23.2 Å². The molecule has 1 aliphatic carbocycles. The molecule has 0 saturated heterocycles. The summed E-state index contributed by atoms with van der Waals surface area (Å²) in [5, 5.41) is 3.80. The molecule has 2 unspecified atom stereocenters. The largest absolute Gasteiger partial charge is 0.354 e. The molecule has 1 heterocycles. The van der Waals surface area contributed by atoms with Crippen LogP contribution in [-0.4, -0.2) is 22.4 Å². The highest BCUT2D eigenvalue weighted by atomic mass is 35.5. The first-order valence-electron chi connectivity index (χ1n) is 5.57. The van der Waals surface area contributed by atoms with Crippen LogP contribution in [0.3, 0.4) is 0 Å². The molecule has 0 radical (unpaired) electrons. The van der Waals surface area contributed by atoms with Crippen LogP contribution in [0.15, 0.2) is 12.4 Å². The zero-order chi connectivity index (χ0) is 11.4. The van der Waals surface area contributed by atoms with E-state index in [4.69, 9.17) is 23.2 Å². The lowest BCUT2D eigenvalue weighted by Gasteiger charge is -2.17. The Bertz CT molecular complexity index is 329. The molecule has 3 nitrogen and oxygen atoms in total. The summed E-state index contributed by atoms with van der Waals surface area (Å²) in [5.74, 6) is 2.69. The van der Waals surface area contributed by atoms with Gasteiger partial charge in [0, 0.05) is 12.4 Å². The van der Waals surface area contributed by atoms with Gasteiger partial charge in [0.15, 0.2) is 0 Å². The highest BCUT2D eigenvalue weighted by molar-refractivity contribution is 6.30. The lowest BCUT2D eigenvalue weighted by atomic mass is 9.98. The predicted octanol–water partition coefficient (Wildman–Crippen LogP) is 3.20. The highest BCUT2D eigenvalue weighted by Gasteiger charge is 2.26. The highest BCUT2D eigenvalue weighted by Crippen LogP contribution is 2.32. The van der Waals surface area contributed by atoms with Crippen molar-refractivity contribution in [2.45, 2.75) is 19.3 Å². The van der Waals surface area contributed by atoms with E-state index in [-0.39, 0.29) is 0 Å². The van der Waals surface area contributed by atoms with Crippen LogP contribution in [0, 0.1) is 11.8 Å². The molecule has 16 heavy (non-hydrogen) atoms. The Morgan fingerprint density at radius 3 is 2.62 bits per heavy atom. The van der Waals surface area contributed by atoms with E-state index < -0.39 is 0 Å². The van der Waals surface area contributed by atoms with Crippen LogP contribution in [0.25, 0.3) is 0 Å². The fourth-order valence-corrected chi connectivity index (χ4v) is 2.72. The van der Waals surface area contributed by atoms with Crippen molar-refractivity contribution in [3.8, 4) is 0 Å². The zero-order valence-electron chi connectivity index (χ0n) is 9.00. The van der Waals surface area contributed by atoms with Gasteiger partial charge in [0.25, 0.3) is 0 Å². The Balaban J connectivity index is 1.85. The molecule has 1 N–H and O–H groups in total. The lowest BCUT2D eigenvalue weighted by molar-refractivity contribution is 0.443. The minimum Gasteiger partial charge on any atom is -0.354 e. The second-order valence-electron chi connectivity index (χ2n) is 4.21. The van der Waals surface area contributed by atoms with Gasteiger partial charge in [-0.05, 0) is 24.7 Å². The van der Waals surface area contributed by atoms with Crippen LogP contribution in [0.4, 0.5) is 5.95 Å². The van der Waals surface area contributed by atoms with Gasteiger partial charge in [-0.3, -0.25) is 0 Å². The minimum atomic E-state index is 0.560. The van der Waals surface area contributed by atoms with Crippen molar-refractivity contribution in [1.29, 1.82) is 0 Å². The molecule has 1 aromatic heterocycles. The van der Waals surface area contributed by atoms with Gasteiger partial charge in [-0.2, -0.15) is 0 Å². The van der Waals surface area contributed by atoms with E-state index in [0.29, 0.717) is 22.8 Å². The molecule has 2 rings (SSSR count). The molecule has 1 saturated carbocycles. The standard InChI is InChI=1S/C11H15Cl2N3/c12-4-8-2-1-3-9(8)5-14-11-15-6-10(13)7-16-11/h6-9H,1-5H2,(H,14,15,16). The topological polar surface area (TPSA) is 37.8 Å². The van der Waals surface area contributed by atoms with Crippen molar-refractivity contribution in [1.82, 2.24) is 9.97 Å². The first kappa shape index (κ1) is 11.9. The molecule has 0 bridgehead atoms. The summed E-state index contributed by atoms with van der Waals surface area (Å²) in [6.45, 7) is 0.902. The fraction of sp³-hybridized carbons (Fsp3) is 0.636. The van der Waals surface area contributed by atoms with Crippen molar-refractivity contribution < 1.29 is 0 Å². The Morgan fingerprint density at radius 1 is 1.25 bits per heavy atom. The molecular formula is C11H15Cl2N3. The van der Waals surface area contributed by atoms with Crippen molar-refractivity contribution in [2.24, 2.45) is 11.8 Å². The Kier molecular flexibility index (Phi) is 4.24. The van der Waals surface area contributed by atoms with E-state index in [1.54, 1.807) is 12.4 Å². The summed E-state index contributed by atoms with van der Waals surface area (Å²) >= 11 is 11.6. The molecule has 2 atom stereocenters. The van der Waals surface area contributed by atoms with Gasteiger partial charge in [0.2, 0.25) is 5.95 Å². The molecule has 1 fully saturated rings. The first-order valence-corrected chi connectivity index (χ1v) is 6.48. The van der Waals surface area contributed by atoms with Gasteiger partial charge >= 0.3 is 0 Å². The fourth-order valence-electron chi connectivity index (χ4n) is 2.21. The Morgan fingerprint density at radius 2 is 1.94 bits per heavy atom. The van der Waals surface area contributed by atoms with Crippen LogP contribution in [0.5, 0.6) is 0 Å². The van der Waals surface area contributed by atoms with Gasteiger partial charge in [0.1, 0.15) is 0 Å². The van der Waals surface area contributed by atoms with E-state index in [1.165, 1.54) is 19.3 Å². The summed E-state index contributed by atoms with van der Waals surface area (Å²) in [5.41, 5.74) is 0. The maximum Gasteiger partial charge on any atom is 0.222 e. The van der Waals surface area contributed by atoms with Crippen LogP contribution < -0.4 is 5.32 Å². The Hall–Kier alpha value is -0.540. The first-order chi connectivity index (χ1) is 7.79. The molecule has 0 amide bonds. The number of rotatable bonds is 4. The molecule has 0 aliphatic heterocycles. The van der Waals surface area contributed by atoms with Gasteiger partial charge < -0.3 is 5.32 Å². The van der Waals surface area contributed by atoms with E-state index in [9.17, 15) is 0 Å². The van der Waals surface area contributed by atoms with Crippen molar-refractivity contribution in [2.75, 3.05) is 17.7 Å². The number of alkyl halides is 1. The number of aromatic nitrogens is 2. The quantitative estimate of drug-likeness (QED) is 0.845. The molecule has 0 spiro atoms. The number of halogens is 2. The molecular weight excluding hydrogens is 245 g/mol. The van der Waals surface area contributed by atoms with Crippen molar-refractivity contribution in [3.63, 3.8) is 0 Å². The van der Waals surface area contributed by atoms with E-state index in [0.717, 1.165) is 12.4 Å². The molecule has 0 aromatic carbocycles. The smallest absolute Gasteiger partial charge is 0.222 e. The summed E-state index contributed by atoms with van der Waals surface area (Å²) in [4.78, 5) is 8.21. The summed E-state index contributed by atoms with van der Waals surface area (Å²) in [6.07, 6.45) is 6.98. The van der Waals surface area contributed by atoms with Crippen LogP contribution in [-0.2, 0) is 0 Å². The maximum atomic E-state index is 5.93. The van der Waals surface area contributed by atoms with Crippen LogP contribution in [0.1, 0.15) is 19.3 Å². The van der Waals surface area contributed by atoms with E-state index >= 15 is 0 Å². The van der Waals surface area contributed by atoms with E-state index in [2.05, 4.69) is 15.3 Å². The Labute approximate surface area is 106 Å². The molecule has 1 aliphatic rings. The average molecular weight is 260 g/mol. The summed E-state index contributed by atoms with van der Waals surface area (Å²) in [6, 6.07) is 0. The number of hydrogen-bond acceptors (Lipinski definition) is 3. The van der Waals surface area contributed by atoms with Gasteiger partial charge in [0.05, 0.1) is 17.4 Å². The third kappa shape index (κ3) is 2.98. The number of hydrogen-bond donors (Lipinski definition) is 1. The number of nitrogens with zero attached hydrogens (tertiary/aromatic N) is 2. The zero-order valence-corrected chi connectivity index (χ0v) is 10.5. The van der Waals surface area contributed by atoms with Gasteiger partial charge in [-0.25, -0.2) is 9.97 Å². The molecule has 5 heteroatoms. The third-order valence-electron chi connectivity index (χ3n) is 3.16. The SMILES string of the molecule is ClCC1CCCC1CNc1ncc(Cl)cn1. The monoisotopic (exact) mass is 259 g/mol.